The fourth-order valence-electron chi connectivity index (χ4n) is 3.38. The van der Waals surface area contributed by atoms with E-state index in [1.807, 2.05) is 14.1 Å². The molecule has 0 spiro atoms. The Labute approximate surface area is 159 Å². The van der Waals surface area contributed by atoms with Crippen LogP contribution in [-0.2, 0) is 18.3 Å². The molecule has 0 radical (unpaired) electrons. The van der Waals surface area contributed by atoms with Crippen molar-refractivity contribution in [1.29, 1.82) is 0 Å². The summed E-state index contributed by atoms with van der Waals surface area (Å²) in [6.45, 7) is 2.49. The van der Waals surface area contributed by atoms with E-state index in [9.17, 15) is 14.4 Å². The van der Waals surface area contributed by atoms with Crippen molar-refractivity contribution in [3.63, 3.8) is 0 Å². The molecular weight excluding hydrogens is 400 g/mol. The number of Topliss-reactive ketones (excluding diaryl/α,β-unsaturated/α-hetero) is 2. The number of ketones is 2. The minimum absolute atomic E-state index is 0.231. The van der Waals surface area contributed by atoms with E-state index in [2.05, 4.69) is 15.9 Å². The molecule has 0 atom stereocenters. The molecule has 2 aromatic rings. The third kappa shape index (κ3) is 2.81. The predicted molar refractivity (Wildman–Crippen MR) is 99.7 cm³/mol. The minimum Gasteiger partial charge on any atom is -0.462 e. The Balaban J connectivity index is 2.41. The number of esters is 1. The number of halogens is 1. The van der Waals surface area contributed by atoms with E-state index in [0.29, 0.717) is 34.5 Å². The zero-order chi connectivity index (χ0) is 19.2. The van der Waals surface area contributed by atoms with Gasteiger partial charge in [0.15, 0.2) is 0 Å². The summed E-state index contributed by atoms with van der Waals surface area (Å²) in [4.78, 5) is 39.2. The molecular formula is C19H20BrN2O4+. The highest BCUT2D eigenvalue weighted by Crippen LogP contribution is 2.40. The molecule has 7 heteroatoms. The quantitative estimate of drug-likeness (QED) is 0.604. The lowest BCUT2D eigenvalue weighted by Crippen LogP contribution is -3.04. The zero-order valence-corrected chi connectivity index (χ0v) is 16.7. The van der Waals surface area contributed by atoms with Crippen LogP contribution in [0.15, 0.2) is 22.7 Å². The number of nitrogens with zero attached hydrogens (tertiary/aromatic N) is 1. The third-order valence-corrected chi connectivity index (χ3v) is 4.93. The van der Waals surface area contributed by atoms with Crippen molar-refractivity contribution in [2.45, 2.75) is 13.5 Å². The first-order valence-electron chi connectivity index (χ1n) is 8.34. The number of carbonyl (C=O) groups excluding carboxylic acids is 3. The van der Waals surface area contributed by atoms with Crippen molar-refractivity contribution < 1.29 is 24.0 Å². The van der Waals surface area contributed by atoms with Crippen molar-refractivity contribution in [1.82, 2.24) is 4.57 Å². The van der Waals surface area contributed by atoms with Gasteiger partial charge in [0.2, 0.25) is 5.78 Å². The van der Waals surface area contributed by atoms with Gasteiger partial charge in [-0.25, -0.2) is 4.79 Å². The first-order chi connectivity index (χ1) is 12.3. The average Bonchev–Trinajstić information content (AvgIpc) is 2.85. The molecule has 26 heavy (non-hydrogen) atoms. The Morgan fingerprint density at radius 1 is 1.19 bits per heavy atom. The van der Waals surface area contributed by atoms with Crippen LogP contribution in [0.3, 0.4) is 0 Å². The summed E-state index contributed by atoms with van der Waals surface area (Å²) in [5.41, 5.74) is 2.68. The maximum atomic E-state index is 12.8. The number of quaternary nitrogens is 1. The monoisotopic (exact) mass is 419 g/mol. The number of aromatic nitrogens is 1. The number of hydrogen-bond acceptors (Lipinski definition) is 4. The van der Waals surface area contributed by atoms with Gasteiger partial charge in [-0.1, -0.05) is 15.9 Å². The van der Waals surface area contributed by atoms with Gasteiger partial charge in [0.05, 0.1) is 32.0 Å². The second-order valence-corrected chi connectivity index (χ2v) is 7.47. The van der Waals surface area contributed by atoms with Crippen molar-refractivity contribution >= 4 is 33.5 Å². The van der Waals surface area contributed by atoms with Crippen molar-refractivity contribution in [3.8, 4) is 11.1 Å². The fraction of sp³-hybridized carbons (Fsp3) is 0.316. The third-order valence-electron chi connectivity index (χ3n) is 4.43. The number of rotatable bonds is 4. The van der Waals surface area contributed by atoms with Crippen LogP contribution in [0.1, 0.15) is 43.8 Å². The van der Waals surface area contributed by atoms with Gasteiger partial charge in [-0.05, 0) is 30.7 Å². The predicted octanol–water partition coefficient (Wildman–Crippen LogP) is 1.65. The summed E-state index contributed by atoms with van der Waals surface area (Å²) >= 11 is 3.41. The molecule has 136 valence electrons. The summed E-state index contributed by atoms with van der Waals surface area (Å²) in [6, 6.07) is 5.10. The highest BCUT2D eigenvalue weighted by molar-refractivity contribution is 9.10. The van der Waals surface area contributed by atoms with Crippen LogP contribution >= 0.6 is 15.9 Å². The smallest absolute Gasteiger partial charge is 0.340 e. The van der Waals surface area contributed by atoms with Gasteiger partial charge in [-0.15, -0.1) is 0 Å². The molecule has 0 fully saturated rings. The van der Waals surface area contributed by atoms with Crippen LogP contribution in [0, 0.1) is 0 Å². The van der Waals surface area contributed by atoms with Crippen molar-refractivity contribution in [3.05, 3.63) is 45.2 Å². The molecule has 0 saturated carbocycles. The number of nitrogens with one attached hydrogen (secondary N) is 1. The maximum absolute atomic E-state index is 12.8. The molecule has 6 nitrogen and oxygen atoms in total. The van der Waals surface area contributed by atoms with E-state index in [1.54, 1.807) is 36.7 Å². The normalized spacial score (nSPS) is 13.0. The van der Waals surface area contributed by atoms with Crippen LogP contribution in [0.5, 0.6) is 0 Å². The summed E-state index contributed by atoms with van der Waals surface area (Å²) in [5.74, 6) is -1.63. The van der Waals surface area contributed by atoms with Gasteiger partial charge < -0.3 is 14.2 Å². The second kappa shape index (κ2) is 6.81. The molecule has 1 aliphatic rings. The van der Waals surface area contributed by atoms with E-state index >= 15 is 0 Å². The lowest BCUT2D eigenvalue weighted by Gasteiger charge is -2.17. The minimum atomic E-state index is -0.595. The van der Waals surface area contributed by atoms with Crippen LogP contribution in [0.25, 0.3) is 11.1 Å². The van der Waals surface area contributed by atoms with Crippen LogP contribution < -0.4 is 4.90 Å². The standard InChI is InChI=1S/C19H19BrN2O4/c1-5-26-19(25)15-13(9-21(2)3)22(4)16-14(15)12-8-10(20)6-7-11(12)17(23)18(16)24/h6-8H,5,9H2,1-4H3/p+1. The number of hydrogen-bond donors (Lipinski definition) is 1. The molecule has 0 bridgehead atoms. The average molecular weight is 420 g/mol. The highest BCUT2D eigenvalue weighted by Gasteiger charge is 2.39. The fourth-order valence-corrected chi connectivity index (χ4v) is 3.74. The Kier molecular flexibility index (Phi) is 4.86. The lowest BCUT2D eigenvalue weighted by molar-refractivity contribution is -0.873. The van der Waals surface area contributed by atoms with Gasteiger partial charge in [0, 0.05) is 22.6 Å². The van der Waals surface area contributed by atoms with Crippen LogP contribution in [0.4, 0.5) is 0 Å². The van der Waals surface area contributed by atoms with Crippen molar-refractivity contribution in [2.75, 3.05) is 20.7 Å². The van der Waals surface area contributed by atoms with Gasteiger partial charge in [0.1, 0.15) is 12.2 Å². The molecule has 1 N–H and O–H groups in total. The zero-order valence-electron chi connectivity index (χ0n) is 15.1. The van der Waals surface area contributed by atoms with Gasteiger partial charge >= 0.3 is 5.97 Å². The molecule has 0 amide bonds. The summed E-state index contributed by atoms with van der Waals surface area (Å²) < 4.78 is 7.70. The Hall–Kier alpha value is -2.25. The maximum Gasteiger partial charge on any atom is 0.340 e. The first-order valence-corrected chi connectivity index (χ1v) is 9.13. The SMILES string of the molecule is CCOC(=O)c1c2c(n(C)c1C[NH+](C)C)C(=O)C(=O)c1ccc(Br)cc1-2. The van der Waals surface area contributed by atoms with E-state index in [0.717, 1.165) is 9.37 Å². The van der Waals surface area contributed by atoms with Crippen LogP contribution in [-0.4, -0.2) is 42.8 Å². The molecule has 0 aliphatic heterocycles. The van der Waals surface area contributed by atoms with E-state index < -0.39 is 17.5 Å². The Morgan fingerprint density at radius 2 is 1.88 bits per heavy atom. The molecule has 3 rings (SSSR count). The Morgan fingerprint density at radius 3 is 2.50 bits per heavy atom. The number of benzene rings is 1. The second-order valence-electron chi connectivity index (χ2n) is 6.56. The van der Waals surface area contributed by atoms with Gasteiger partial charge in [-0.3, -0.25) is 9.59 Å². The highest BCUT2D eigenvalue weighted by atomic mass is 79.9. The number of carbonyl (C=O) groups is 3. The molecule has 1 aliphatic carbocycles. The van der Waals surface area contributed by atoms with Gasteiger partial charge in [0.25, 0.3) is 5.78 Å². The first kappa shape index (κ1) is 18.5. The van der Waals surface area contributed by atoms with Gasteiger partial charge in [-0.2, -0.15) is 0 Å². The molecule has 0 saturated heterocycles. The molecule has 1 heterocycles. The summed E-state index contributed by atoms with van der Waals surface area (Å²) in [7, 11) is 5.63. The van der Waals surface area contributed by atoms with Crippen molar-refractivity contribution in [2.24, 2.45) is 7.05 Å². The van der Waals surface area contributed by atoms with E-state index in [4.69, 9.17) is 4.74 Å². The summed E-state index contributed by atoms with van der Waals surface area (Å²) in [6.07, 6.45) is 0. The number of fused-ring (bicyclic) bond motifs is 3. The van der Waals surface area contributed by atoms with Crippen LogP contribution in [0.2, 0.25) is 0 Å². The Bertz CT molecular complexity index is 944. The number of ether oxygens (including phenoxy) is 1. The lowest BCUT2D eigenvalue weighted by atomic mass is 9.85. The molecule has 1 aromatic carbocycles. The topological polar surface area (TPSA) is 69.8 Å². The molecule has 0 unspecified atom stereocenters. The summed E-state index contributed by atoms with van der Waals surface area (Å²) in [5, 5.41) is 0. The molecule has 1 aromatic heterocycles. The largest absolute Gasteiger partial charge is 0.462 e. The van der Waals surface area contributed by atoms with E-state index in [-0.39, 0.29) is 12.3 Å². The van der Waals surface area contributed by atoms with E-state index in [1.165, 1.54) is 0 Å².